The molecule has 0 bridgehead atoms. The molecule has 2 rings (SSSR count). The Hall–Kier alpha value is -1.49. The van der Waals surface area contributed by atoms with E-state index < -0.39 is 10.0 Å². The molecule has 0 spiro atoms. The predicted octanol–water partition coefficient (Wildman–Crippen LogP) is -0.896. The average molecular weight is 304 g/mol. The number of aromatic amines is 1. The Morgan fingerprint density at radius 1 is 1.53 bits per heavy atom. The molecule has 10 heteroatoms. The second-order valence-electron chi connectivity index (χ2n) is 3.66. The monoisotopic (exact) mass is 304 g/mol. The fourth-order valence-corrected chi connectivity index (χ4v) is 2.90. The molecule has 0 aliphatic heterocycles. The summed E-state index contributed by atoms with van der Waals surface area (Å²) in [7, 11) is -3.68. The van der Waals surface area contributed by atoms with Crippen LogP contribution in [-0.4, -0.2) is 34.9 Å². The van der Waals surface area contributed by atoms with Gasteiger partial charge in [-0.15, -0.1) is 0 Å². The summed E-state index contributed by atoms with van der Waals surface area (Å²) in [5, 5.41) is 14.1. The van der Waals surface area contributed by atoms with E-state index in [1.807, 2.05) is 0 Å². The Bertz CT molecular complexity index is 700. The van der Waals surface area contributed by atoms with Gasteiger partial charge in [0.05, 0.1) is 25.9 Å². The van der Waals surface area contributed by atoms with Crippen LogP contribution >= 0.6 is 11.3 Å². The number of aliphatic hydroxyl groups excluding tert-OH is 1. The first-order valence-electron chi connectivity index (χ1n) is 5.31. The van der Waals surface area contributed by atoms with Crippen molar-refractivity contribution in [1.82, 2.24) is 19.5 Å². The SMILES string of the molecule is O=c1[nH]c(CNS(=O)(=O)c2cnn(CCO)c2)cs1. The summed E-state index contributed by atoms with van der Waals surface area (Å²) in [4.78, 5) is 13.2. The molecule has 0 aliphatic carbocycles. The third-order valence-corrected chi connectivity index (χ3v) is 4.35. The number of rotatable bonds is 6. The van der Waals surface area contributed by atoms with Gasteiger partial charge in [0, 0.05) is 17.3 Å². The maximum absolute atomic E-state index is 11.9. The van der Waals surface area contributed by atoms with Crippen LogP contribution in [0.3, 0.4) is 0 Å². The summed E-state index contributed by atoms with van der Waals surface area (Å²) in [6.45, 7) is 0.115. The molecule has 0 unspecified atom stereocenters. The van der Waals surface area contributed by atoms with Crippen LogP contribution in [0.25, 0.3) is 0 Å². The van der Waals surface area contributed by atoms with Gasteiger partial charge in [0.2, 0.25) is 10.0 Å². The van der Waals surface area contributed by atoms with Gasteiger partial charge in [-0.05, 0) is 0 Å². The molecule has 2 heterocycles. The number of H-pyrrole nitrogens is 1. The van der Waals surface area contributed by atoms with Crippen LogP contribution in [0.5, 0.6) is 0 Å². The predicted molar refractivity (Wildman–Crippen MR) is 68.3 cm³/mol. The number of thiazole rings is 1. The number of nitrogens with one attached hydrogen (secondary N) is 2. The largest absolute Gasteiger partial charge is 0.394 e. The zero-order chi connectivity index (χ0) is 13.9. The quantitative estimate of drug-likeness (QED) is 0.639. The van der Waals surface area contributed by atoms with Gasteiger partial charge in [0.15, 0.2) is 0 Å². The average Bonchev–Trinajstić information content (AvgIpc) is 2.97. The summed E-state index contributed by atoms with van der Waals surface area (Å²) < 4.78 is 27.5. The fourth-order valence-electron chi connectivity index (χ4n) is 1.36. The van der Waals surface area contributed by atoms with Crippen LogP contribution in [0, 0.1) is 0 Å². The molecule has 0 fully saturated rings. The molecule has 0 aromatic carbocycles. The van der Waals surface area contributed by atoms with Crippen LogP contribution in [0.2, 0.25) is 0 Å². The number of sulfonamides is 1. The van der Waals surface area contributed by atoms with Crippen molar-refractivity contribution in [2.45, 2.75) is 18.0 Å². The van der Waals surface area contributed by atoms with E-state index in [1.54, 1.807) is 5.38 Å². The molecule has 8 nitrogen and oxygen atoms in total. The number of aromatic nitrogens is 3. The highest BCUT2D eigenvalue weighted by molar-refractivity contribution is 7.89. The van der Waals surface area contributed by atoms with Gasteiger partial charge in [-0.2, -0.15) is 5.10 Å². The fraction of sp³-hybridized carbons (Fsp3) is 0.333. The Labute approximate surface area is 112 Å². The molecule has 0 radical (unpaired) electrons. The van der Waals surface area contributed by atoms with E-state index in [0.717, 1.165) is 11.3 Å². The summed E-state index contributed by atoms with van der Waals surface area (Å²) in [6, 6.07) is 0. The minimum Gasteiger partial charge on any atom is -0.394 e. The Balaban J connectivity index is 2.06. The van der Waals surface area contributed by atoms with E-state index in [2.05, 4.69) is 14.8 Å². The van der Waals surface area contributed by atoms with Crippen molar-refractivity contribution in [2.24, 2.45) is 0 Å². The number of hydrogen-bond donors (Lipinski definition) is 3. The lowest BCUT2D eigenvalue weighted by Gasteiger charge is -2.02. The Kier molecular flexibility index (Phi) is 4.14. The molecule has 2 aromatic heterocycles. The third kappa shape index (κ3) is 3.50. The van der Waals surface area contributed by atoms with E-state index in [1.165, 1.54) is 17.1 Å². The van der Waals surface area contributed by atoms with E-state index >= 15 is 0 Å². The lowest BCUT2D eigenvalue weighted by atomic mass is 10.5. The van der Waals surface area contributed by atoms with Crippen molar-refractivity contribution < 1.29 is 13.5 Å². The van der Waals surface area contributed by atoms with E-state index in [0.29, 0.717) is 5.69 Å². The minimum atomic E-state index is -3.68. The normalized spacial score (nSPS) is 11.8. The lowest BCUT2D eigenvalue weighted by molar-refractivity contribution is 0.269. The van der Waals surface area contributed by atoms with Crippen LogP contribution in [0.15, 0.2) is 27.5 Å². The van der Waals surface area contributed by atoms with Gasteiger partial charge in [-0.1, -0.05) is 11.3 Å². The van der Waals surface area contributed by atoms with Crippen LogP contribution in [0.1, 0.15) is 5.69 Å². The molecule has 0 amide bonds. The standard InChI is InChI=1S/C9H12N4O4S2/c14-2-1-13-5-8(4-10-13)19(16,17)11-3-7-6-18-9(15)12-7/h4-6,11,14H,1-3H2,(H,12,15). The van der Waals surface area contributed by atoms with Gasteiger partial charge < -0.3 is 10.1 Å². The topological polar surface area (TPSA) is 117 Å². The van der Waals surface area contributed by atoms with Crippen molar-refractivity contribution in [3.8, 4) is 0 Å². The van der Waals surface area contributed by atoms with Gasteiger partial charge in [0.25, 0.3) is 0 Å². The number of aliphatic hydroxyl groups is 1. The van der Waals surface area contributed by atoms with Gasteiger partial charge in [0.1, 0.15) is 4.90 Å². The summed E-state index contributed by atoms with van der Waals surface area (Å²) in [6.07, 6.45) is 2.53. The van der Waals surface area contributed by atoms with Crippen molar-refractivity contribution in [1.29, 1.82) is 0 Å². The van der Waals surface area contributed by atoms with Crippen molar-refractivity contribution >= 4 is 21.4 Å². The van der Waals surface area contributed by atoms with Crippen LogP contribution in [-0.2, 0) is 23.1 Å². The first-order chi connectivity index (χ1) is 9.01. The van der Waals surface area contributed by atoms with Crippen LogP contribution < -0.4 is 9.60 Å². The second kappa shape index (κ2) is 5.65. The van der Waals surface area contributed by atoms with Gasteiger partial charge in [-0.3, -0.25) is 9.48 Å². The number of hydrogen-bond acceptors (Lipinski definition) is 6. The highest BCUT2D eigenvalue weighted by Gasteiger charge is 2.16. The van der Waals surface area contributed by atoms with Gasteiger partial charge >= 0.3 is 4.87 Å². The highest BCUT2D eigenvalue weighted by atomic mass is 32.2. The van der Waals surface area contributed by atoms with E-state index in [4.69, 9.17) is 5.11 Å². The molecule has 2 aromatic rings. The molecule has 0 saturated carbocycles. The molecular weight excluding hydrogens is 292 g/mol. The summed E-state index contributed by atoms with van der Waals surface area (Å²) >= 11 is 0.971. The first-order valence-corrected chi connectivity index (χ1v) is 7.67. The zero-order valence-corrected chi connectivity index (χ0v) is 11.4. The van der Waals surface area contributed by atoms with Crippen molar-refractivity contribution in [3.63, 3.8) is 0 Å². The number of nitrogens with zero attached hydrogens (tertiary/aromatic N) is 2. The molecule has 0 aliphatic rings. The second-order valence-corrected chi connectivity index (χ2v) is 6.27. The maximum Gasteiger partial charge on any atom is 0.304 e. The van der Waals surface area contributed by atoms with Gasteiger partial charge in [-0.25, -0.2) is 13.1 Å². The van der Waals surface area contributed by atoms with E-state index in [-0.39, 0.29) is 29.5 Å². The smallest absolute Gasteiger partial charge is 0.304 e. The molecule has 0 saturated heterocycles. The third-order valence-electron chi connectivity index (χ3n) is 2.27. The van der Waals surface area contributed by atoms with Crippen LogP contribution in [0.4, 0.5) is 0 Å². The van der Waals surface area contributed by atoms with E-state index in [9.17, 15) is 13.2 Å². The Morgan fingerprint density at radius 3 is 2.95 bits per heavy atom. The molecule has 19 heavy (non-hydrogen) atoms. The zero-order valence-electron chi connectivity index (χ0n) is 9.74. The Morgan fingerprint density at radius 2 is 2.32 bits per heavy atom. The maximum atomic E-state index is 11.9. The summed E-state index contributed by atoms with van der Waals surface area (Å²) in [5.41, 5.74) is 0.501. The highest BCUT2D eigenvalue weighted by Crippen LogP contribution is 2.07. The molecule has 0 atom stereocenters. The minimum absolute atomic E-state index is 0.00620. The first kappa shape index (κ1) is 13.9. The molecule has 3 N–H and O–H groups in total. The van der Waals surface area contributed by atoms with Crippen molar-refractivity contribution in [3.05, 3.63) is 33.1 Å². The molecular formula is C9H12N4O4S2. The molecule has 104 valence electrons. The van der Waals surface area contributed by atoms with Crippen molar-refractivity contribution in [2.75, 3.05) is 6.61 Å². The lowest BCUT2D eigenvalue weighted by Crippen LogP contribution is -2.23. The summed E-state index contributed by atoms with van der Waals surface area (Å²) in [5.74, 6) is 0.